The second kappa shape index (κ2) is 7.91. The molecule has 25 heavy (non-hydrogen) atoms. The van der Waals surface area contributed by atoms with E-state index in [1.54, 1.807) is 24.5 Å². The van der Waals surface area contributed by atoms with Gasteiger partial charge in [-0.3, -0.25) is 0 Å². The Balaban J connectivity index is 2.34. The van der Waals surface area contributed by atoms with E-state index in [0.29, 0.717) is 10.7 Å². The molecule has 0 aliphatic carbocycles. The van der Waals surface area contributed by atoms with E-state index in [-0.39, 0.29) is 12.0 Å². The molecular formula is C19H20ClF3N2. The van der Waals surface area contributed by atoms with Crippen molar-refractivity contribution in [3.63, 3.8) is 0 Å². The number of hydrogen-bond acceptors (Lipinski definition) is 1. The third-order valence-corrected chi connectivity index (χ3v) is 4.30. The fourth-order valence-electron chi connectivity index (χ4n) is 2.40. The van der Waals surface area contributed by atoms with Gasteiger partial charge in [-0.1, -0.05) is 29.8 Å². The van der Waals surface area contributed by atoms with Gasteiger partial charge in [-0.25, -0.2) is 4.99 Å². The lowest BCUT2D eigenvalue weighted by molar-refractivity contribution is -0.138. The number of aryl methyl sites for hydroxylation is 1. The highest BCUT2D eigenvalue weighted by Gasteiger charge is 2.32. The van der Waals surface area contributed by atoms with E-state index in [1.165, 1.54) is 12.1 Å². The quantitative estimate of drug-likeness (QED) is 0.476. The summed E-state index contributed by atoms with van der Waals surface area (Å²) >= 11 is 6.27. The van der Waals surface area contributed by atoms with Crippen molar-refractivity contribution >= 4 is 23.6 Å². The Morgan fingerprint density at radius 3 is 2.48 bits per heavy atom. The van der Waals surface area contributed by atoms with Crippen molar-refractivity contribution in [2.24, 2.45) is 4.99 Å². The van der Waals surface area contributed by atoms with Gasteiger partial charge in [0.15, 0.2) is 0 Å². The standard InChI is InChI=1S/C19H20ClF3N2/c1-4-25(3)12-24-18-9-13(2)15(11-17(18)20)10-14-7-5-6-8-16(14)19(21,22)23/h5-9,11-12H,4,10H2,1-3H3. The second-order valence-corrected chi connectivity index (χ2v) is 6.29. The maximum absolute atomic E-state index is 13.2. The van der Waals surface area contributed by atoms with Crippen LogP contribution in [0.1, 0.15) is 29.2 Å². The Labute approximate surface area is 150 Å². The highest BCUT2D eigenvalue weighted by atomic mass is 35.5. The van der Waals surface area contributed by atoms with E-state index < -0.39 is 11.7 Å². The molecule has 0 heterocycles. The molecule has 2 aromatic carbocycles. The van der Waals surface area contributed by atoms with Crippen LogP contribution in [-0.2, 0) is 12.6 Å². The maximum Gasteiger partial charge on any atom is 0.416 e. The summed E-state index contributed by atoms with van der Waals surface area (Å²) in [6.07, 6.45) is -2.53. The van der Waals surface area contributed by atoms with Crippen LogP contribution in [0.25, 0.3) is 0 Å². The van der Waals surface area contributed by atoms with Crippen molar-refractivity contribution in [3.8, 4) is 0 Å². The topological polar surface area (TPSA) is 15.6 Å². The van der Waals surface area contributed by atoms with Crippen LogP contribution in [-0.4, -0.2) is 24.8 Å². The monoisotopic (exact) mass is 368 g/mol. The first kappa shape index (κ1) is 19.3. The van der Waals surface area contributed by atoms with Gasteiger partial charge in [-0.2, -0.15) is 13.2 Å². The van der Waals surface area contributed by atoms with E-state index >= 15 is 0 Å². The number of halogens is 4. The molecule has 0 bridgehead atoms. The Hall–Kier alpha value is -2.01. The zero-order chi connectivity index (χ0) is 18.6. The van der Waals surface area contributed by atoms with Crippen LogP contribution in [0.2, 0.25) is 5.02 Å². The lowest BCUT2D eigenvalue weighted by Crippen LogP contribution is -2.14. The smallest absolute Gasteiger partial charge is 0.366 e. The summed E-state index contributed by atoms with van der Waals surface area (Å²) in [5.41, 5.74) is 1.83. The van der Waals surface area contributed by atoms with E-state index in [2.05, 4.69) is 4.99 Å². The van der Waals surface area contributed by atoms with Crippen molar-refractivity contribution in [2.45, 2.75) is 26.4 Å². The van der Waals surface area contributed by atoms with Gasteiger partial charge in [0.1, 0.15) is 0 Å². The average Bonchev–Trinajstić information content (AvgIpc) is 2.55. The van der Waals surface area contributed by atoms with Crippen LogP contribution < -0.4 is 0 Å². The molecule has 0 fully saturated rings. The third kappa shape index (κ3) is 4.98. The molecule has 0 amide bonds. The van der Waals surface area contributed by atoms with E-state index in [4.69, 9.17) is 11.6 Å². The molecule has 2 nitrogen and oxygen atoms in total. The molecule has 0 spiro atoms. The molecule has 2 rings (SSSR count). The fourth-order valence-corrected chi connectivity index (χ4v) is 2.63. The van der Waals surface area contributed by atoms with Gasteiger partial charge in [0.25, 0.3) is 0 Å². The van der Waals surface area contributed by atoms with Crippen molar-refractivity contribution in [3.05, 3.63) is 63.7 Å². The first-order valence-corrected chi connectivity index (χ1v) is 8.28. The van der Waals surface area contributed by atoms with Crippen LogP contribution >= 0.6 is 11.6 Å². The van der Waals surface area contributed by atoms with Gasteiger partial charge in [0.05, 0.1) is 22.6 Å². The summed E-state index contributed by atoms with van der Waals surface area (Å²) in [5, 5.41) is 0.422. The Morgan fingerprint density at radius 2 is 1.84 bits per heavy atom. The Morgan fingerprint density at radius 1 is 1.16 bits per heavy atom. The highest BCUT2D eigenvalue weighted by Crippen LogP contribution is 2.34. The minimum Gasteiger partial charge on any atom is -0.366 e. The van der Waals surface area contributed by atoms with Crippen LogP contribution in [0.4, 0.5) is 18.9 Å². The summed E-state index contributed by atoms with van der Waals surface area (Å²) in [7, 11) is 1.90. The molecule has 0 saturated heterocycles. The van der Waals surface area contributed by atoms with Gasteiger partial charge >= 0.3 is 6.18 Å². The third-order valence-electron chi connectivity index (χ3n) is 4.00. The Kier molecular flexibility index (Phi) is 6.11. The largest absolute Gasteiger partial charge is 0.416 e. The number of benzene rings is 2. The number of alkyl halides is 3. The van der Waals surface area contributed by atoms with Gasteiger partial charge < -0.3 is 4.90 Å². The molecule has 134 valence electrons. The normalized spacial score (nSPS) is 12.0. The lowest BCUT2D eigenvalue weighted by atomic mass is 9.96. The molecule has 0 N–H and O–H groups in total. The molecule has 2 aromatic rings. The minimum absolute atomic E-state index is 0.167. The number of aliphatic imine (C=N–C) groups is 1. The predicted molar refractivity (Wildman–Crippen MR) is 96.9 cm³/mol. The lowest BCUT2D eigenvalue weighted by Gasteiger charge is -2.15. The fraction of sp³-hybridized carbons (Fsp3) is 0.316. The van der Waals surface area contributed by atoms with Crippen molar-refractivity contribution in [2.75, 3.05) is 13.6 Å². The first-order valence-electron chi connectivity index (χ1n) is 7.91. The van der Waals surface area contributed by atoms with Gasteiger partial charge in [0, 0.05) is 13.6 Å². The van der Waals surface area contributed by atoms with Gasteiger partial charge in [0.2, 0.25) is 0 Å². The van der Waals surface area contributed by atoms with Crippen LogP contribution in [0.3, 0.4) is 0 Å². The molecule has 6 heteroatoms. The number of hydrogen-bond donors (Lipinski definition) is 0. The van der Waals surface area contributed by atoms with Crippen molar-refractivity contribution < 1.29 is 13.2 Å². The van der Waals surface area contributed by atoms with E-state index in [1.807, 2.05) is 25.8 Å². The van der Waals surface area contributed by atoms with Crippen molar-refractivity contribution in [1.82, 2.24) is 4.90 Å². The summed E-state index contributed by atoms with van der Waals surface area (Å²) in [4.78, 5) is 6.23. The highest BCUT2D eigenvalue weighted by molar-refractivity contribution is 6.33. The molecule has 0 atom stereocenters. The van der Waals surface area contributed by atoms with E-state index in [0.717, 1.165) is 23.7 Å². The molecule has 0 aliphatic rings. The zero-order valence-electron chi connectivity index (χ0n) is 14.4. The minimum atomic E-state index is -4.37. The molecule has 0 saturated carbocycles. The van der Waals surface area contributed by atoms with Crippen LogP contribution in [0, 0.1) is 6.92 Å². The molecular weight excluding hydrogens is 349 g/mol. The summed E-state index contributed by atoms with van der Waals surface area (Å²) in [6, 6.07) is 9.11. The number of rotatable bonds is 5. The molecule has 0 radical (unpaired) electrons. The SMILES string of the molecule is CCN(C)C=Nc1cc(C)c(Cc2ccccc2C(F)(F)F)cc1Cl. The number of nitrogens with zero attached hydrogens (tertiary/aromatic N) is 2. The van der Waals surface area contributed by atoms with Gasteiger partial charge in [-0.15, -0.1) is 0 Å². The van der Waals surface area contributed by atoms with Crippen LogP contribution in [0.5, 0.6) is 0 Å². The van der Waals surface area contributed by atoms with Gasteiger partial charge in [-0.05, 0) is 55.2 Å². The van der Waals surface area contributed by atoms with Crippen LogP contribution in [0.15, 0.2) is 41.4 Å². The van der Waals surface area contributed by atoms with E-state index in [9.17, 15) is 13.2 Å². The molecule has 0 aromatic heterocycles. The summed E-state index contributed by atoms with van der Waals surface area (Å²) in [6.45, 7) is 4.66. The summed E-state index contributed by atoms with van der Waals surface area (Å²) < 4.78 is 39.5. The molecule has 0 unspecified atom stereocenters. The summed E-state index contributed by atoms with van der Waals surface area (Å²) in [5.74, 6) is 0. The molecule has 0 aliphatic heterocycles. The Bertz CT molecular complexity index is 770. The van der Waals surface area contributed by atoms with Crippen molar-refractivity contribution in [1.29, 1.82) is 0 Å². The first-order chi connectivity index (χ1) is 11.7. The zero-order valence-corrected chi connectivity index (χ0v) is 15.1. The second-order valence-electron chi connectivity index (χ2n) is 5.88. The maximum atomic E-state index is 13.2. The average molecular weight is 369 g/mol. The predicted octanol–water partition coefficient (Wildman–Crippen LogP) is 5.87.